The predicted octanol–water partition coefficient (Wildman–Crippen LogP) is 3.49. The number of nitrogens with one attached hydrogen (secondary N) is 1. The number of carbonyl (C=O) groups excluding carboxylic acids is 2. The number of hydrogen-bond acceptors (Lipinski definition) is 4. The SMILES string of the molecule is COc1ccc(Cl)cc1NC(=O)COc1cccc(N2CCCC2=O)c1. The van der Waals surface area contributed by atoms with E-state index < -0.39 is 0 Å². The molecule has 3 rings (SSSR count). The van der Waals surface area contributed by atoms with Crippen LogP contribution in [0.25, 0.3) is 0 Å². The molecule has 0 atom stereocenters. The Labute approximate surface area is 156 Å². The molecule has 136 valence electrons. The van der Waals surface area contributed by atoms with Crippen LogP contribution >= 0.6 is 11.6 Å². The quantitative estimate of drug-likeness (QED) is 0.840. The Morgan fingerprint density at radius 2 is 2.12 bits per heavy atom. The number of anilines is 2. The second-order valence-electron chi connectivity index (χ2n) is 5.83. The molecule has 1 fully saturated rings. The summed E-state index contributed by atoms with van der Waals surface area (Å²) in [5.74, 6) is 0.800. The van der Waals surface area contributed by atoms with Gasteiger partial charge in [0.25, 0.3) is 5.91 Å². The van der Waals surface area contributed by atoms with Crippen LogP contribution in [0.15, 0.2) is 42.5 Å². The van der Waals surface area contributed by atoms with E-state index >= 15 is 0 Å². The van der Waals surface area contributed by atoms with Crippen molar-refractivity contribution in [3.05, 3.63) is 47.5 Å². The first-order valence-electron chi connectivity index (χ1n) is 8.23. The van der Waals surface area contributed by atoms with Crippen molar-refractivity contribution in [2.75, 3.05) is 30.5 Å². The molecule has 1 heterocycles. The van der Waals surface area contributed by atoms with Crippen LogP contribution < -0.4 is 19.7 Å². The minimum atomic E-state index is -0.340. The largest absolute Gasteiger partial charge is 0.495 e. The van der Waals surface area contributed by atoms with E-state index in [4.69, 9.17) is 21.1 Å². The van der Waals surface area contributed by atoms with E-state index in [2.05, 4.69) is 5.32 Å². The van der Waals surface area contributed by atoms with Gasteiger partial charge in [0.1, 0.15) is 11.5 Å². The number of hydrogen-bond donors (Lipinski definition) is 1. The molecule has 2 aromatic rings. The molecule has 0 aliphatic carbocycles. The summed E-state index contributed by atoms with van der Waals surface area (Å²) in [6, 6.07) is 12.1. The maximum Gasteiger partial charge on any atom is 0.262 e. The molecule has 1 N–H and O–H groups in total. The molecule has 1 aliphatic heterocycles. The lowest BCUT2D eigenvalue weighted by atomic mass is 10.2. The summed E-state index contributed by atoms with van der Waals surface area (Å²) in [7, 11) is 1.51. The lowest BCUT2D eigenvalue weighted by Crippen LogP contribution is -2.24. The van der Waals surface area contributed by atoms with Gasteiger partial charge in [-0.1, -0.05) is 17.7 Å². The van der Waals surface area contributed by atoms with Gasteiger partial charge >= 0.3 is 0 Å². The zero-order valence-corrected chi connectivity index (χ0v) is 15.1. The van der Waals surface area contributed by atoms with Crippen LogP contribution in [-0.4, -0.2) is 32.1 Å². The summed E-state index contributed by atoms with van der Waals surface area (Å²) >= 11 is 5.95. The minimum Gasteiger partial charge on any atom is -0.495 e. The molecule has 1 aliphatic rings. The zero-order valence-electron chi connectivity index (χ0n) is 14.3. The van der Waals surface area contributed by atoms with Gasteiger partial charge in [-0.2, -0.15) is 0 Å². The van der Waals surface area contributed by atoms with Crippen molar-refractivity contribution in [3.63, 3.8) is 0 Å². The van der Waals surface area contributed by atoms with Gasteiger partial charge < -0.3 is 19.7 Å². The van der Waals surface area contributed by atoms with E-state index in [1.807, 2.05) is 6.07 Å². The third kappa shape index (κ3) is 4.26. The predicted molar refractivity (Wildman–Crippen MR) is 100 cm³/mol. The molecular formula is C19H19ClN2O4. The molecule has 0 spiro atoms. The molecule has 0 aromatic heterocycles. The van der Waals surface area contributed by atoms with Crippen LogP contribution in [0.1, 0.15) is 12.8 Å². The van der Waals surface area contributed by atoms with Gasteiger partial charge in [0, 0.05) is 29.7 Å². The standard InChI is InChI=1S/C19H19ClN2O4/c1-25-17-8-7-13(20)10-16(17)21-18(23)12-26-15-5-2-4-14(11-15)22-9-3-6-19(22)24/h2,4-5,7-8,10-11H,3,6,9,12H2,1H3,(H,21,23). The molecule has 0 bridgehead atoms. The highest BCUT2D eigenvalue weighted by Crippen LogP contribution is 2.28. The fourth-order valence-corrected chi connectivity index (χ4v) is 2.95. The number of methoxy groups -OCH3 is 1. The molecular weight excluding hydrogens is 356 g/mol. The molecule has 6 nitrogen and oxygen atoms in total. The Bertz CT molecular complexity index is 825. The fourth-order valence-electron chi connectivity index (χ4n) is 2.78. The van der Waals surface area contributed by atoms with E-state index in [0.29, 0.717) is 35.2 Å². The van der Waals surface area contributed by atoms with Crippen LogP contribution in [-0.2, 0) is 9.59 Å². The Hall–Kier alpha value is -2.73. The van der Waals surface area contributed by atoms with Gasteiger partial charge in [-0.15, -0.1) is 0 Å². The summed E-state index contributed by atoms with van der Waals surface area (Å²) in [5, 5.41) is 3.20. The maximum atomic E-state index is 12.2. The molecule has 0 radical (unpaired) electrons. The molecule has 0 unspecified atom stereocenters. The summed E-state index contributed by atoms with van der Waals surface area (Å²) in [5.41, 5.74) is 1.26. The summed E-state index contributed by atoms with van der Waals surface area (Å²) in [6.07, 6.45) is 1.42. The Kier molecular flexibility index (Phi) is 5.63. The monoisotopic (exact) mass is 374 g/mol. The summed E-state index contributed by atoms with van der Waals surface area (Å²) < 4.78 is 10.8. The first-order valence-corrected chi connectivity index (χ1v) is 8.61. The van der Waals surface area contributed by atoms with Crippen molar-refractivity contribution in [1.82, 2.24) is 0 Å². The average molecular weight is 375 g/mol. The van der Waals surface area contributed by atoms with Gasteiger partial charge in [0.2, 0.25) is 5.91 Å². The number of benzene rings is 2. The molecule has 2 aromatic carbocycles. The maximum absolute atomic E-state index is 12.2. The van der Waals surface area contributed by atoms with Crippen LogP contribution in [0, 0.1) is 0 Å². The van der Waals surface area contributed by atoms with E-state index in [-0.39, 0.29) is 18.4 Å². The second kappa shape index (κ2) is 8.10. The van der Waals surface area contributed by atoms with Gasteiger partial charge in [-0.25, -0.2) is 0 Å². The molecule has 1 saturated heterocycles. The summed E-state index contributed by atoms with van der Waals surface area (Å²) in [4.78, 5) is 25.7. The Balaban J connectivity index is 1.61. The van der Waals surface area contributed by atoms with Gasteiger partial charge in [0.15, 0.2) is 6.61 Å². The van der Waals surface area contributed by atoms with E-state index in [0.717, 1.165) is 12.1 Å². The smallest absolute Gasteiger partial charge is 0.262 e. The number of ether oxygens (including phenoxy) is 2. The van der Waals surface area contributed by atoms with Gasteiger partial charge in [-0.3, -0.25) is 9.59 Å². The second-order valence-corrected chi connectivity index (χ2v) is 6.26. The van der Waals surface area contributed by atoms with Crippen molar-refractivity contribution in [2.24, 2.45) is 0 Å². The lowest BCUT2D eigenvalue weighted by molar-refractivity contribution is -0.118. The zero-order chi connectivity index (χ0) is 18.5. The van der Waals surface area contributed by atoms with Crippen molar-refractivity contribution in [2.45, 2.75) is 12.8 Å². The van der Waals surface area contributed by atoms with Gasteiger partial charge in [-0.05, 0) is 36.8 Å². The molecule has 2 amide bonds. The van der Waals surface area contributed by atoms with E-state index in [9.17, 15) is 9.59 Å². The molecule has 0 saturated carbocycles. The van der Waals surface area contributed by atoms with Crippen molar-refractivity contribution >= 4 is 34.8 Å². The minimum absolute atomic E-state index is 0.105. The normalized spacial score (nSPS) is 13.6. The van der Waals surface area contributed by atoms with Crippen LogP contribution in [0.3, 0.4) is 0 Å². The first kappa shape index (κ1) is 18.1. The average Bonchev–Trinajstić information content (AvgIpc) is 3.06. The number of carbonyl (C=O) groups is 2. The highest BCUT2D eigenvalue weighted by Gasteiger charge is 2.21. The Morgan fingerprint density at radius 3 is 2.85 bits per heavy atom. The Morgan fingerprint density at radius 1 is 1.27 bits per heavy atom. The highest BCUT2D eigenvalue weighted by atomic mass is 35.5. The summed E-state index contributed by atoms with van der Waals surface area (Å²) in [6.45, 7) is 0.532. The number of halogens is 1. The third-order valence-electron chi connectivity index (χ3n) is 4.01. The van der Waals surface area contributed by atoms with Crippen LogP contribution in [0.4, 0.5) is 11.4 Å². The van der Waals surface area contributed by atoms with Crippen LogP contribution in [0.2, 0.25) is 5.02 Å². The highest BCUT2D eigenvalue weighted by molar-refractivity contribution is 6.31. The fraction of sp³-hybridized carbons (Fsp3) is 0.263. The number of amides is 2. The van der Waals surface area contributed by atoms with Crippen LogP contribution in [0.5, 0.6) is 11.5 Å². The third-order valence-corrected chi connectivity index (χ3v) is 4.24. The van der Waals surface area contributed by atoms with Crippen molar-refractivity contribution in [3.8, 4) is 11.5 Å². The topological polar surface area (TPSA) is 67.9 Å². The first-order chi connectivity index (χ1) is 12.6. The molecule has 7 heteroatoms. The lowest BCUT2D eigenvalue weighted by Gasteiger charge is -2.16. The van der Waals surface area contributed by atoms with Gasteiger partial charge in [0.05, 0.1) is 12.8 Å². The van der Waals surface area contributed by atoms with Crippen molar-refractivity contribution in [1.29, 1.82) is 0 Å². The van der Waals surface area contributed by atoms with E-state index in [1.165, 1.54) is 7.11 Å². The number of rotatable bonds is 6. The van der Waals surface area contributed by atoms with Crippen molar-refractivity contribution < 1.29 is 19.1 Å². The molecule has 26 heavy (non-hydrogen) atoms. The van der Waals surface area contributed by atoms with E-state index in [1.54, 1.807) is 41.3 Å². The number of nitrogens with zero attached hydrogens (tertiary/aromatic N) is 1.